The molecule has 27 heavy (non-hydrogen) atoms. The Labute approximate surface area is 159 Å². The Kier molecular flexibility index (Phi) is 3.86. The Bertz CT molecular complexity index is 1100. The fourth-order valence-corrected chi connectivity index (χ4v) is 3.81. The van der Waals surface area contributed by atoms with Crippen molar-refractivity contribution in [1.29, 1.82) is 0 Å². The summed E-state index contributed by atoms with van der Waals surface area (Å²) in [6, 6.07) is 17.6. The highest BCUT2D eigenvalue weighted by molar-refractivity contribution is 7.13. The molecule has 0 spiro atoms. The number of H-pyrrole nitrogens is 1. The van der Waals surface area contributed by atoms with Crippen LogP contribution < -0.4 is 4.74 Å². The minimum atomic E-state index is -0.0830. The third-order valence-corrected chi connectivity index (χ3v) is 5.48. The number of benzene rings is 1. The maximum Gasteiger partial charge on any atom is 0.274 e. The van der Waals surface area contributed by atoms with E-state index in [-0.39, 0.29) is 12.0 Å². The monoisotopic (exact) mass is 376 g/mol. The van der Waals surface area contributed by atoms with Gasteiger partial charge in [0.25, 0.3) is 5.91 Å². The molecule has 0 unspecified atom stereocenters. The lowest BCUT2D eigenvalue weighted by Crippen LogP contribution is -2.56. The van der Waals surface area contributed by atoms with Crippen molar-refractivity contribution in [1.82, 2.24) is 20.1 Å². The van der Waals surface area contributed by atoms with Crippen LogP contribution >= 0.6 is 11.3 Å². The first-order valence-corrected chi connectivity index (χ1v) is 9.55. The SMILES string of the molecule is O=C(c1cc(-c2cccs2)[nH]n1)N1CC(Oc2ccc3ccccc3n2)C1. The van der Waals surface area contributed by atoms with Crippen molar-refractivity contribution in [2.45, 2.75) is 6.10 Å². The zero-order valence-corrected chi connectivity index (χ0v) is 15.1. The van der Waals surface area contributed by atoms with Gasteiger partial charge in [0, 0.05) is 11.5 Å². The molecule has 134 valence electrons. The molecule has 1 aromatic carbocycles. The molecule has 1 aliphatic heterocycles. The summed E-state index contributed by atoms with van der Waals surface area (Å²) in [5.41, 5.74) is 2.20. The number of para-hydroxylation sites is 1. The second kappa shape index (κ2) is 6.51. The zero-order chi connectivity index (χ0) is 18.2. The molecule has 0 atom stereocenters. The van der Waals surface area contributed by atoms with Crippen molar-refractivity contribution < 1.29 is 9.53 Å². The Balaban J connectivity index is 1.22. The molecule has 0 saturated carbocycles. The van der Waals surface area contributed by atoms with E-state index in [1.807, 2.05) is 53.9 Å². The minimum Gasteiger partial charge on any atom is -0.471 e. The molecular formula is C20H16N4O2S. The molecule has 1 aliphatic rings. The van der Waals surface area contributed by atoms with Crippen molar-refractivity contribution in [2.24, 2.45) is 0 Å². The van der Waals surface area contributed by atoms with Crippen LogP contribution in [-0.4, -0.2) is 45.2 Å². The molecule has 7 heteroatoms. The van der Waals surface area contributed by atoms with Crippen molar-refractivity contribution >= 4 is 28.1 Å². The lowest BCUT2D eigenvalue weighted by Gasteiger charge is -2.38. The zero-order valence-electron chi connectivity index (χ0n) is 14.3. The maximum absolute atomic E-state index is 12.6. The second-order valence-corrected chi connectivity index (χ2v) is 7.38. The van der Waals surface area contributed by atoms with E-state index < -0.39 is 0 Å². The number of carbonyl (C=O) groups is 1. The fourth-order valence-electron chi connectivity index (χ4n) is 3.11. The number of carbonyl (C=O) groups excluding carboxylic acids is 1. The van der Waals surface area contributed by atoms with Gasteiger partial charge >= 0.3 is 0 Å². The Morgan fingerprint density at radius 2 is 2.04 bits per heavy atom. The van der Waals surface area contributed by atoms with Crippen LogP contribution in [0.1, 0.15) is 10.5 Å². The van der Waals surface area contributed by atoms with E-state index in [0.717, 1.165) is 21.5 Å². The normalized spacial score (nSPS) is 14.3. The first-order valence-electron chi connectivity index (χ1n) is 8.67. The topological polar surface area (TPSA) is 71.1 Å². The number of aromatic nitrogens is 3. The Hall–Kier alpha value is -3.19. The lowest BCUT2D eigenvalue weighted by molar-refractivity contribution is 0.0157. The van der Waals surface area contributed by atoms with Crippen LogP contribution in [0.3, 0.4) is 0 Å². The molecule has 3 aromatic heterocycles. The molecule has 1 N–H and O–H groups in total. The van der Waals surface area contributed by atoms with Crippen LogP contribution in [0.2, 0.25) is 0 Å². The number of thiophene rings is 1. The predicted molar refractivity (Wildman–Crippen MR) is 104 cm³/mol. The molecule has 4 aromatic rings. The molecule has 1 saturated heterocycles. The number of rotatable bonds is 4. The molecule has 0 radical (unpaired) electrons. The summed E-state index contributed by atoms with van der Waals surface area (Å²) in [7, 11) is 0. The smallest absolute Gasteiger partial charge is 0.274 e. The summed E-state index contributed by atoms with van der Waals surface area (Å²) in [4.78, 5) is 19.9. The van der Waals surface area contributed by atoms with E-state index >= 15 is 0 Å². The highest BCUT2D eigenvalue weighted by Crippen LogP contribution is 2.25. The average molecular weight is 376 g/mol. The number of nitrogens with zero attached hydrogens (tertiary/aromatic N) is 3. The number of pyridine rings is 1. The summed E-state index contributed by atoms with van der Waals surface area (Å²) >= 11 is 1.61. The van der Waals surface area contributed by atoms with Gasteiger partial charge in [0.2, 0.25) is 5.88 Å². The average Bonchev–Trinajstić information content (AvgIpc) is 3.35. The summed E-state index contributed by atoms with van der Waals surface area (Å²) < 4.78 is 5.91. The summed E-state index contributed by atoms with van der Waals surface area (Å²) in [5, 5.41) is 10.2. The molecule has 1 fully saturated rings. The van der Waals surface area contributed by atoms with Gasteiger partial charge in [-0.1, -0.05) is 24.3 Å². The van der Waals surface area contributed by atoms with Crippen molar-refractivity contribution in [2.75, 3.05) is 13.1 Å². The van der Waals surface area contributed by atoms with Crippen LogP contribution in [0, 0.1) is 0 Å². The van der Waals surface area contributed by atoms with E-state index in [2.05, 4.69) is 15.2 Å². The number of nitrogens with one attached hydrogen (secondary N) is 1. The standard InChI is InChI=1S/C20H16N4O2S/c25-20(17-10-16(22-23-17)18-6-3-9-27-18)24-11-14(12-24)26-19-8-7-13-4-1-2-5-15(13)21-19/h1-10,14H,11-12H2,(H,22,23). The maximum atomic E-state index is 12.6. The fraction of sp³-hybridized carbons (Fsp3) is 0.150. The summed E-state index contributed by atoms with van der Waals surface area (Å²) in [6.07, 6.45) is -0.0432. The van der Waals surface area contributed by atoms with E-state index in [1.54, 1.807) is 22.3 Å². The van der Waals surface area contributed by atoms with E-state index in [1.165, 1.54) is 0 Å². The van der Waals surface area contributed by atoms with Gasteiger partial charge < -0.3 is 9.64 Å². The van der Waals surface area contributed by atoms with Gasteiger partial charge in [-0.15, -0.1) is 11.3 Å². The highest BCUT2D eigenvalue weighted by atomic mass is 32.1. The van der Waals surface area contributed by atoms with Gasteiger partial charge in [-0.2, -0.15) is 5.10 Å². The summed E-state index contributed by atoms with van der Waals surface area (Å²) in [5.74, 6) is 0.505. The first-order chi connectivity index (χ1) is 13.3. The number of likely N-dealkylation sites (tertiary alicyclic amines) is 1. The predicted octanol–water partition coefficient (Wildman–Crippen LogP) is 3.59. The molecule has 0 aliphatic carbocycles. The number of amides is 1. The third-order valence-electron chi connectivity index (χ3n) is 4.58. The first kappa shape index (κ1) is 16.0. The third kappa shape index (κ3) is 3.06. The van der Waals surface area contributed by atoms with Crippen LogP contribution in [0.5, 0.6) is 5.88 Å². The largest absolute Gasteiger partial charge is 0.471 e. The minimum absolute atomic E-state index is 0.0432. The van der Waals surface area contributed by atoms with Gasteiger partial charge in [-0.3, -0.25) is 9.89 Å². The molecule has 4 heterocycles. The second-order valence-electron chi connectivity index (χ2n) is 6.44. The highest BCUT2D eigenvalue weighted by Gasteiger charge is 2.34. The van der Waals surface area contributed by atoms with Crippen LogP contribution in [0.15, 0.2) is 60.0 Å². The lowest BCUT2D eigenvalue weighted by atomic mass is 10.1. The van der Waals surface area contributed by atoms with Gasteiger partial charge in [-0.25, -0.2) is 4.98 Å². The number of aromatic amines is 1. The van der Waals surface area contributed by atoms with E-state index in [9.17, 15) is 4.79 Å². The Morgan fingerprint density at radius 1 is 1.15 bits per heavy atom. The van der Waals surface area contributed by atoms with Crippen molar-refractivity contribution in [3.05, 3.63) is 65.7 Å². The van der Waals surface area contributed by atoms with E-state index in [0.29, 0.717) is 24.7 Å². The summed E-state index contributed by atoms with van der Waals surface area (Å²) in [6.45, 7) is 1.07. The number of hydrogen-bond acceptors (Lipinski definition) is 5. The van der Waals surface area contributed by atoms with Gasteiger partial charge in [0.1, 0.15) is 6.10 Å². The molecule has 6 nitrogen and oxygen atoms in total. The van der Waals surface area contributed by atoms with Crippen LogP contribution in [0.25, 0.3) is 21.5 Å². The van der Waals surface area contributed by atoms with Crippen molar-refractivity contribution in [3.8, 4) is 16.5 Å². The van der Waals surface area contributed by atoms with Crippen LogP contribution in [0.4, 0.5) is 0 Å². The molecule has 1 amide bonds. The number of fused-ring (bicyclic) bond motifs is 1. The van der Waals surface area contributed by atoms with E-state index in [4.69, 9.17) is 4.74 Å². The quantitative estimate of drug-likeness (QED) is 0.591. The van der Waals surface area contributed by atoms with Gasteiger partial charge in [-0.05, 0) is 29.6 Å². The number of hydrogen-bond donors (Lipinski definition) is 1. The number of ether oxygens (including phenoxy) is 1. The molecular weight excluding hydrogens is 360 g/mol. The van der Waals surface area contributed by atoms with Gasteiger partial charge in [0.15, 0.2) is 5.69 Å². The van der Waals surface area contributed by atoms with Crippen LogP contribution in [-0.2, 0) is 0 Å². The van der Waals surface area contributed by atoms with Crippen molar-refractivity contribution in [3.63, 3.8) is 0 Å². The molecule has 5 rings (SSSR count). The Morgan fingerprint density at radius 3 is 2.89 bits per heavy atom. The van der Waals surface area contributed by atoms with Gasteiger partial charge in [0.05, 0.1) is 29.2 Å². The molecule has 0 bridgehead atoms.